The number of nitrogens with zero attached hydrogens (tertiary/aromatic N) is 2. The van der Waals surface area contributed by atoms with Crippen molar-refractivity contribution in [2.24, 2.45) is 0 Å². The molecule has 1 heterocycles. The molecule has 1 aromatic heterocycles. The molecule has 0 aliphatic carbocycles. The number of ether oxygens (including phenoxy) is 1. The van der Waals surface area contributed by atoms with Crippen LogP contribution in [0.1, 0.15) is 0 Å². The zero-order valence-corrected chi connectivity index (χ0v) is 7.51. The largest absolute Gasteiger partial charge is 0.497 e. The summed E-state index contributed by atoms with van der Waals surface area (Å²) >= 11 is 0. The third-order valence-electron chi connectivity index (χ3n) is 1.79. The van der Waals surface area contributed by atoms with E-state index in [4.69, 9.17) is 4.74 Å². The van der Waals surface area contributed by atoms with Gasteiger partial charge < -0.3 is 9.15 Å². The Hall–Kier alpha value is -2.04. The minimum absolute atomic E-state index is 0.516. The van der Waals surface area contributed by atoms with Crippen molar-refractivity contribution >= 4 is 0 Å². The van der Waals surface area contributed by atoms with Gasteiger partial charge in [-0.05, 0) is 12.1 Å². The lowest BCUT2D eigenvalue weighted by atomic mass is 10.3. The average Bonchev–Trinajstić information content (AvgIpc) is 2.65. The molecule has 1 aromatic carbocycles. The first-order valence-electron chi connectivity index (χ1n) is 3.98. The van der Waals surface area contributed by atoms with E-state index in [0.717, 1.165) is 11.1 Å². The molecule has 0 radical (unpaired) electrons. The van der Waals surface area contributed by atoms with Gasteiger partial charge in [-0.25, -0.2) is 4.79 Å². The van der Waals surface area contributed by atoms with Crippen molar-refractivity contribution < 1.29 is 9.15 Å². The van der Waals surface area contributed by atoms with Crippen molar-refractivity contribution in [2.75, 3.05) is 7.11 Å². The second-order valence-corrected chi connectivity index (χ2v) is 2.62. The molecule has 0 bridgehead atoms. The Labute approximate surface area is 79.5 Å². The summed E-state index contributed by atoms with van der Waals surface area (Å²) in [5.41, 5.74) is 0.614. The van der Waals surface area contributed by atoms with Crippen LogP contribution in [0.25, 0.3) is 5.69 Å². The standard InChI is InChI=1S/C9H8N2O3/c1-13-8-4-2-3-7(5-8)11-9(12)14-6-10-11/h2-6H,1H3. The van der Waals surface area contributed by atoms with Gasteiger partial charge in [0.05, 0.1) is 12.8 Å². The van der Waals surface area contributed by atoms with Gasteiger partial charge in [0.1, 0.15) is 5.75 Å². The molecule has 0 unspecified atom stereocenters. The minimum Gasteiger partial charge on any atom is -0.497 e. The topological polar surface area (TPSA) is 57.3 Å². The summed E-state index contributed by atoms with van der Waals surface area (Å²) in [6.07, 6.45) is 1.10. The molecule has 0 N–H and O–H groups in total. The van der Waals surface area contributed by atoms with E-state index in [9.17, 15) is 4.79 Å². The third-order valence-corrected chi connectivity index (χ3v) is 1.79. The Kier molecular flexibility index (Phi) is 2.06. The highest BCUT2D eigenvalue weighted by Crippen LogP contribution is 2.13. The van der Waals surface area contributed by atoms with Gasteiger partial charge in [0.25, 0.3) is 0 Å². The Morgan fingerprint density at radius 3 is 3.00 bits per heavy atom. The van der Waals surface area contributed by atoms with Gasteiger partial charge in [-0.1, -0.05) is 6.07 Å². The predicted molar refractivity (Wildman–Crippen MR) is 48.7 cm³/mol. The Morgan fingerprint density at radius 1 is 1.50 bits per heavy atom. The third kappa shape index (κ3) is 1.39. The average molecular weight is 192 g/mol. The van der Waals surface area contributed by atoms with Crippen molar-refractivity contribution in [3.63, 3.8) is 0 Å². The van der Waals surface area contributed by atoms with Crippen molar-refractivity contribution in [3.05, 3.63) is 41.2 Å². The number of benzene rings is 1. The molecule has 0 amide bonds. The molecule has 0 aliphatic heterocycles. The summed E-state index contributed by atoms with van der Waals surface area (Å²) in [5, 5.41) is 3.74. The highest BCUT2D eigenvalue weighted by atomic mass is 16.5. The lowest BCUT2D eigenvalue weighted by Crippen LogP contribution is -2.13. The van der Waals surface area contributed by atoms with E-state index in [2.05, 4.69) is 9.52 Å². The summed E-state index contributed by atoms with van der Waals surface area (Å²) in [6, 6.07) is 7.00. The lowest BCUT2D eigenvalue weighted by Gasteiger charge is -2.01. The normalized spacial score (nSPS) is 10.1. The first kappa shape index (κ1) is 8.55. The van der Waals surface area contributed by atoms with E-state index in [0.29, 0.717) is 11.4 Å². The highest BCUT2D eigenvalue weighted by Gasteiger charge is 2.03. The fourth-order valence-electron chi connectivity index (χ4n) is 1.13. The van der Waals surface area contributed by atoms with Crippen LogP contribution in [0.5, 0.6) is 5.75 Å². The molecule has 14 heavy (non-hydrogen) atoms. The van der Waals surface area contributed by atoms with Gasteiger partial charge in [0, 0.05) is 6.07 Å². The zero-order chi connectivity index (χ0) is 9.97. The highest BCUT2D eigenvalue weighted by molar-refractivity contribution is 5.37. The second kappa shape index (κ2) is 3.37. The number of hydrogen-bond donors (Lipinski definition) is 0. The van der Waals surface area contributed by atoms with Crippen LogP contribution in [0.2, 0.25) is 0 Å². The van der Waals surface area contributed by atoms with Crippen LogP contribution >= 0.6 is 0 Å². The van der Waals surface area contributed by atoms with Crippen LogP contribution in [-0.4, -0.2) is 16.9 Å². The van der Waals surface area contributed by atoms with E-state index >= 15 is 0 Å². The smallest absolute Gasteiger partial charge is 0.441 e. The molecular weight excluding hydrogens is 184 g/mol. The summed E-state index contributed by atoms with van der Waals surface area (Å²) in [6.45, 7) is 0. The van der Waals surface area contributed by atoms with Gasteiger partial charge in [0.2, 0.25) is 6.39 Å². The fourth-order valence-corrected chi connectivity index (χ4v) is 1.13. The van der Waals surface area contributed by atoms with Crippen molar-refractivity contribution in [1.82, 2.24) is 9.78 Å². The molecule has 5 heteroatoms. The first-order valence-corrected chi connectivity index (χ1v) is 3.98. The Morgan fingerprint density at radius 2 is 2.36 bits per heavy atom. The SMILES string of the molecule is COc1cccc(-n2ncoc2=O)c1. The second-order valence-electron chi connectivity index (χ2n) is 2.62. The maximum atomic E-state index is 11.1. The van der Waals surface area contributed by atoms with Gasteiger partial charge in [0.15, 0.2) is 0 Å². The molecule has 0 spiro atoms. The van der Waals surface area contributed by atoms with Crippen molar-refractivity contribution in [1.29, 1.82) is 0 Å². The number of aromatic nitrogens is 2. The molecule has 2 aromatic rings. The molecule has 0 fully saturated rings. The maximum absolute atomic E-state index is 11.1. The molecule has 5 nitrogen and oxygen atoms in total. The minimum atomic E-state index is -0.516. The molecular formula is C9H8N2O3. The molecule has 0 atom stereocenters. The fraction of sp³-hybridized carbons (Fsp3) is 0.111. The molecule has 2 rings (SSSR count). The number of rotatable bonds is 2. The summed E-state index contributed by atoms with van der Waals surface area (Å²) in [7, 11) is 1.56. The number of hydrogen-bond acceptors (Lipinski definition) is 4. The summed E-state index contributed by atoms with van der Waals surface area (Å²) in [4.78, 5) is 11.1. The lowest BCUT2D eigenvalue weighted by molar-refractivity contribution is 0.414. The summed E-state index contributed by atoms with van der Waals surface area (Å²) in [5.74, 6) is 0.149. The van der Waals surface area contributed by atoms with E-state index in [1.807, 2.05) is 0 Å². The first-order chi connectivity index (χ1) is 6.81. The van der Waals surface area contributed by atoms with Crippen LogP contribution < -0.4 is 10.5 Å². The quantitative estimate of drug-likeness (QED) is 0.707. The van der Waals surface area contributed by atoms with Crippen LogP contribution in [0.3, 0.4) is 0 Å². The van der Waals surface area contributed by atoms with E-state index < -0.39 is 5.76 Å². The van der Waals surface area contributed by atoms with Crippen molar-refractivity contribution in [3.8, 4) is 11.4 Å². The van der Waals surface area contributed by atoms with Gasteiger partial charge in [-0.15, -0.1) is 5.10 Å². The van der Waals surface area contributed by atoms with E-state index in [1.54, 1.807) is 31.4 Å². The zero-order valence-electron chi connectivity index (χ0n) is 7.51. The number of methoxy groups -OCH3 is 1. The predicted octanol–water partition coefficient (Wildman–Crippen LogP) is 0.834. The maximum Gasteiger partial charge on any atom is 0.441 e. The van der Waals surface area contributed by atoms with Gasteiger partial charge in [-0.2, -0.15) is 4.68 Å². The molecule has 0 saturated carbocycles. The van der Waals surface area contributed by atoms with E-state index in [-0.39, 0.29) is 0 Å². The van der Waals surface area contributed by atoms with Gasteiger partial charge >= 0.3 is 5.76 Å². The van der Waals surface area contributed by atoms with Crippen LogP contribution in [0.4, 0.5) is 0 Å². The van der Waals surface area contributed by atoms with Gasteiger partial charge in [-0.3, -0.25) is 0 Å². The van der Waals surface area contributed by atoms with E-state index in [1.165, 1.54) is 0 Å². The molecule has 0 aliphatic rings. The molecule has 72 valence electrons. The van der Waals surface area contributed by atoms with Crippen LogP contribution in [-0.2, 0) is 0 Å². The van der Waals surface area contributed by atoms with Crippen molar-refractivity contribution in [2.45, 2.75) is 0 Å². The van der Waals surface area contributed by atoms with Crippen LogP contribution in [0, 0.1) is 0 Å². The Bertz CT molecular complexity index is 487. The monoisotopic (exact) mass is 192 g/mol. The summed E-state index contributed by atoms with van der Waals surface area (Å²) < 4.78 is 10.7. The molecule has 0 saturated heterocycles. The Balaban J connectivity index is 2.52. The van der Waals surface area contributed by atoms with Crippen LogP contribution in [0.15, 0.2) is 39.9 Å².